The van der Waals surface area contributed by atoms with Crippen molar-refractivity contribution in [2.24, 2.45) is 11.7 Å². The second-order valence-electron chi connectivity index (χ2n) is 7.19. The summed E-state index contributed by atoms with van der Waals surface area (Å²) in [7, 11) is 0. The molecule has 1 aliphatic rings. The maximum absolute atomic E-state index is 12.7. The van der Waals surface area contributed by atoms with E-state index < -0.39 is 0 Å². The number of hydrogen-bond donors (Lipinski definition) is 1. The predicted octanol–water partition coefficient (Wildman–Crippen LogP) is 3.67. The van der Waals surface area contributed by atoms with Crippen molar-refractivity contribution in [1.29, 1.82) is 0 Å². The van der Waals surface area contributed by atoms with Crippen molar-refractivity contribution in [2.45, 2.75) is 25.7 Å². The van der Waals surface area contributed by atoms with Crippen LogP contribution in [0.2, 0.25) is 0 Å². The molecule has 1 amide bonds. The topological polar surface area (TPSA) is 72.6 Å². The number of amides is 1. The molecule has 0 aliphatic carbocycles. The molecule has 6 heteroatoms. The van der Waals surface area contributed by atoms with Crippen LogP contribution < -0.4 is 10.5 Å². The number of halogens is 1. The van der Waals surface area contributed by atoms with Crippen molar-refractivity contribution in [3.8, 4) is 5.75 Å². The van der Waals surface area contributed by atoms with Gasteiger partial charge < -0.3 is 15.4 Å². The first-order chi connectivity index (χ1) is 13.6. The summed E-state index contributed by atoms with van der Waals surface area (Å²) in [6, 6.07) is 17.3. The van der Waals surface area contributed by atoms with Crippen LogP contribution in [0.5, 0.6) is 5.75 Å². The van der Waals surface area contributed by atoms with E-state index in [1.54, 1.807) is 24.3 Å². The van der Waals surface area contributed by atoms with Gasteiger partial charge in [0.2, 0.25) is 5.91 Å². The number of ether oxygens (including phenoxy) is 1. The fourth-order valence-electron chi connectivity index (χ4n) is 3.82. The highest BCUT2D eigenvalue weighted by Crippen LogP contribution is 2.32. The van der Waals surface area contributed by atoms with E-state index in [9.17, 15) is 9.59 Å². The molecule has 0 spiro atoms. The van der Waals surface area contributed by atoms with E-state index in [4.69, 9.17) is 10.5 Å². The fraction of sp³-hybridized carbons (Fsp3) is 0.391. The van der Waals surface area contributed by atoms with Crippen LogP contribution in [-0.2, 0) is 4.79 Å². The molecule has 0 unspecified atom stereocenters. The molecule has 0 bridgehead atoms. The number of likely N-dealkylation sites (tertiary alicyclic amines) is 1. The zero-order valence-electron chi connectivity index (χ0n) is 16.8. The molecule has 5 nitrogen and oxygen atoms in total. The van der Waals surface area contributed by atoms with Gasteiger partial charge in [0.25, 0.3) is 0 Å². The van der Waals surface area contributed by atoms with Crippen molar-refractivity contribution in [1.82, 2.24) is 4.90 Å². The van der Waals surface area contributed by atoms with Crippen LogP contribution in [0.25, 0.3) is 0 Å². The standard InChI is InChI=1S/C23H28N2O3.ClH/c1-2-28-20-10-8-18(9-11-20)22(26)12-13-23(27)25-15-19(14-24)21(16-25)17-6-4-3-5-7-17;/h3-11,19,21H,2,12-16,24H2,1H3;1H/t19-,21+;/m1./s1. The maximum atomic E-state index is 12.7. The molecule has 0 radical (unpaired) electrons. The molecule has 1 fully saturated rings. The Morgan fingerprint density at radius 1 is 1.03 bits per heavy atom. The van der Waals surface area contributed by atoms with E-state index in [-0.39, 0.29) is 48.8 Å². The zero-order chi connectivity index (χ0) is 19.9. The van der Waals surface area contributed by atoms with Crippen LogP contribution in [0, 0.1) is 5.92 Å². The second kappa shape index (κ2) is 11.0. The van der Waals surface area contributed by atoms with Gasteiger partial charge in [-0.1, -0.05) is 30.3 Å². The Morgan fingerprint density at radius 2 is 1.72 bits per heavy atom. The molecular formula is C23H29ClN2O3. The molecule has 156 valence electrons. The highest BCUT2D eigenvalue weighted by Gasteiger charge is 2.35. The van der Waals surface area contributed by atoms with E-state index in [0.717, 1.165) is 5.75 Å². The number of nitrogens with two attached hydrogens (primary N) is 1. The molecule has 0 saturated carbocycles. The van der Waals surface area contributed by atoms with Crippen LogP contribution in [0.15, 0.2) is 54.6 Å². The number of nitrogens with zero attached hydrogens (tertiary/aromatic N) is 1. The molecular weight excluding hydrogens is 388 g/mol. The number of carbonyl (C=O) groups excluding carboxylic acids is 2. The number of benzene rings is 2. The Morgan fingerprint density at radius 3 is 2.34 bits per heavy atom. The average molecular weight is 417 g/mol. The summed E-state index contributed by atoms with van der Waals surface area (Å²) in [6.07, 6.45) is 0.442. The monoisotopic (exact) mass is 416 g/mol. The number of hydrogen-bond acceptors (Lipinski definition) is 4. The molecule has 2 atom stereocenters. The van der Waals surface area contributed by atoms with Gasteiger partial charge in [0, 0.05) is 37.4 Å². The van der Waals surface area contributed by atoms with E-state index in [0.29, 0.717) is 31.8 Å². The lowest BCUT2D eigenvalue weighted by molar-refractivity contribution is -0.130. The third-order valence-electron chi connectivity index (χ3n) is 5.38. The smallest absolute Gasteiger partial charge is 0.223 e. The lowest BCUT2D eigenvalue weighted by Gasteiger charge is -2.16. The van der Waals surface area contributed by atoms with Gasteiger partial charge in [-0.2, -0.15) is 0 Å². The lowest BCUT2D eigenvalue weighted by Crippen LogP contribution is -2.30. The molecule has 1 heterocycles. The molecule has 1 saturated heterocycles. The van der Waals surface area contributed by atoms with Crippen molar-refractivity contribution >= 4 is 24.1 Å². The highest BCUT2D eigenvalue weighted by atomic mass is 35.5. The van der Waals surface area contributed by atoms with Gasteiger partial charge in [0.05, 0.1) is 6.61 Å². The van der Waals surface area contributed by atoms with Gasteiger partial charge in [-0.05, 0) is 49.2 Å². The largest absolute Gasteiger partial charge is 0.494 e. The Kier molecular flexibility index (Phi) is 8.68. The number of ketones is 1. The number of Topliss-reactive ketones (excluding diaryl/α,β-unsaturated/α-hetero) is 1. The summed E-state index contributed by atoms with van der Waals surface area (Å²) in [5.74, 6) is 1.26. The summed E-state index contributed by atoms with van der Waals surface area (Å²) in [5, 5.41) is 0. The normalized spacial score (nSPS) is 18.2. The molecule has 2 aromatic carbocycles. The van der Waals surface area contributed by atoms with Gasteiger partial charge in [0.15, 0.2) is 5.78 Å². The van der Waals surface area contributed by atoms with Gasteiger partial charge >= 0.3 is 0 Å². The summed E-state index contributed by atoms with van der Waals surface area (Å²) in [4.78, 5) is 26.9. The van der Waals surface area contributed by atoms with E-state index in [1.165, 1.54) is 5.56 Å². The second-order valence-corrected chi connectivity index (χ2v) is 7.19. The Bertz CT molecular complexity index is 796. The third kappa shape index (κ3) is 5.81. The van der Waals surface area contributed by atoms with Crippen molar-refractivity contribution in [3.63, 3.8) is 0 Å². The average Bonchev–Trinajstić information content (AvgIpc) is 3.18. The highest BCUT2D eigenvalue weighted by molar-refractivity contribution is 5.98. The van der Waals surface area contributed by atoms with Crippen LogP contribution in [-0.4, -0.2) is 42.8 Å². The number of carbonyl (C=O) groups is 2. The SMILES string of the molecule is CCOc1ccc(C(=O)CCC(=O)N2C[C@@H](CN)[C@H](c3ccccc3)C2)cc1.Cl. The van der Waals surface area contributed by atoms with E-state index in [1.807, 2.05) is 30.0 Å². The first-order valence-corrected chi connectivity index (χ1v) is 9.91. The van der Waals surface area contributed by atoms with Crippen molar-refractivity contribution < 1.29 is 14.3 Å². The summed E-state index contributed by atoms with van der Waals surface area (Å²) in [6.45, 7) is 4.38. The Hall–Kier alpha value is -2.37. The Balaban J connectivity index is 0.00000300. The van der Waals surface area contributed by atoms with Gasteiger partial charge in [-0.3, -0.25) is 9.59 Å². The molecule has 2 aromatic rings. The quantitative estimate of drug-likeness (QED) is 0.666. The minimum atomic E-state index is -0.0226. The summed E-state index contributed by atoms with van der Waals surface area (Å²) in [5.41, 5.74) is 7.79. The first kappa shape index (κ1) is 22.9. The third-order valence-corrected chi connectivity index (χ3v) is 5.38. The molecule has 2 N–H and O–H groups in total. The first-order valence-electron chi connectivity index (χ1n) is 9.91. The van der Waals surface area contributed by atoms with Crippen LogP contribution >= 0.6 is 12.4 Å². The van der Waals surface area contributed by atoms with Gasteiger partial charge in [-0.15, -0.1) is 12.4 Å². The predicted molar refractivity (Wildman–Crippen MR) is 117 cm³/mol. The summed E-state index contributed by atoms with van der Waals surface area (Å²) >= 11 is 0. The van der Waals surface area contributed by atoms with Gasteiger partial charge in [-0.25, -0.2) is 0 Å². The van der Waals surface area contributed by atoms with Gasteiger partial charge in [0.1, 0.15) is 5.75 Å². The molecule has 0 aromatic heterocycles. The zero-order valence-corrected chi connectivity index (χ0v) is 17.6. The summed E-state index contributed by atoms with van der Waals surface area (Å²) < 4.78 is 5.39. The molecule has 3 rings (SSSR count). The minimum Gasteiger partial charge on any atom is -0.494 e. The van der Waals surface area contributed by atoms with Crippen LogP contribution in [0.1, 0.15) is 41.6 Å². The van der Waals surface area contributed by atoms with E-state index >= 15 is 0 Å². The fourth-order valence-corrected chi connectivity index (χ4v) is 3.82. The van der Waals surface area contributed by atoms with E-state index in [2.05, 4.69) is 12.1 Å². The molecule has 29 heavy (non-hydrogen) atoms. The van der Waals surface area contributed by atoms with Crippen molar-refractivity contribution in [3.05, 3.63) is 65.7 Å². The number of rotatable bonds is 8. The van der Waals surface area contributed by atoms with Crippen LogP contribution in [0.4, 0.5) is 0 Å². The van der Waals surface area contributed by atoms with Crippen LogP contribution in [0.3, 0.4) is 0 Å². The molecule has 1 aliphatic heterocycles. The Labute approximate surface area is 178 Å². The lowest BCUT2D eigenvalue weighted by atomic mass is 9.89. The van der Waals surface area contributed by atoms with Crippen molar-refractivity contribution in [2.75, 3.05) is 26.2 Å². The maximum Gasteiger partial charge on any atom is 0.223 e. The minimum absolute atomic E-state index is 0.